The van der Waals surface area contributed by atoms with Gasteiger partial charge in [-0.15, -0.1) is 0 Å². The molecule has 0 N–H and O–H groups in total. The summed E-state index contributed by atoms with van der Waals surface area (Å²) in [7, 11) is 1.81. The predicted molar refractivity (Wildman–Crippen MR) is 89.8 cm³/mol. The molecule has 2 heterocycles. The van der Waals surface area contributed by atoms with Crippen molar-refractivity contribution in [1.82, 2.24) is 9.88 Å². The fraction of sp³-hybridized carbons (Fsp3) is 0.111. The van der Waals surface area contributed by atoms with Crippen LogP contribution in [0.3, 0.4) is 0 Å². The highest BCUT2D eigenvalue weighted by Gasteiger charge is 2.12. The third-order valence-electron chi connectivity index (χ3n) is 3.44. The Hall–Kier alpha value is -2.46. The molecule has 0 aliphatic heterocycles. The summed E-state index contributed by atoms with van der Waals surface area (Å²) in [6.45, 7) is 0.589. The van der Waals surface area contributed by atoms with Gasteiger partial charge in [0.05, 0.1) is 11.3 Å². The zero-order valence-corrected chi connectivity index (χ0v) is 13.1. The Morgan fingerprint density at radius 1 is 1.14 bits per heavy atom. The number of hydrogen-bond donors (Lipinski definition) is 0. The lowest BCUT2D eigenvalue weighted by Gasteiger charge is -2.17. The van der Waals surface area contributed by atoms with E-state index in [1.165, 1.54) is 0 Å². The van der Waals surface area contributed by atoms with Crippen LogP contribution in [0.5, 0.6) is 0 Å². The topological polar surface area (TPSA) is 33.2 Å². The summed E-state index contributed by atoms with van der Waals surface area (Å²) >= 11 is 1.64. The van der Waals surface area contributed by atoms with Crippen LogP contribution in [-0.2, 0) is 6.54 Å². The molecule has 0 spiro atoms. The van der Waals surface area contributed by atoms with Crippen LogP contribution in [0.25, 0.3) is 11.3 Å². The van der Waals surface area contributed by atoms with Gasteiger partial charge in [-0.25, -0.2) is 0 Å². The molecule has 0 bridgehead atoms. The Bertz CT molecular complexity index is 737. The molecule has 4 heteroatoms. The minimum atomic E-state index is -0.0202. The van der Waals surface area contributed by atoms with Crippen LogP contribution in [0.1, 0.15) is 15.9 Å². The minimum Gasteiger partial charge on any atom is -0.337 e. The maximum atomic E-state index is 12.4. The Morgan fingerprint density at radius 2 is 1.95 bits per heavy atom. The molecule has 0 radical (unpaired) electrons. The van der Waals surface area contributed by atoms with Crippen molar-refractivity contribution in [2.24, 2.45) is 0 Å². The van der Waals surface area contributed by atoms with Crippen molar-refractivity contribution in [1.29, 1.82) is 0 Å². The minimum absolute atomic E-state index is 0.0202. The van der Waals surface area contributed by atoms with Crippen LogP contribution in [-0.4, -0.2) is 22.8 Å². The van der Waals surface area contributed by atoms with E-state index in [2.05, 4.69) is 4.98 Å². The fourth-order valence-corrected chi connectivity index (χ4v) is 2.90. The summed E-state index contributed by atoms with van der Waals surface area (Å²) in [5.41, 5.74) is 3.70. The SMILES string of the molecule is CN(Cc1ccccc1)C(=O)c1ccc(-c2ccsc2)nc1. The standard InChI is InChI=1S/C18H16N2OS/c1-20(12-14-5-3-2-4-6-14)18(21)15-7-8-17(19-11-15)16-9-10-22-13-16/h2-11,13H,12H2,1H3. The highest BCUT2D eigenvalue weighted by atomic mass is 32.1. The predicted octanol–water partition coefficient (Wildman–Crippen LogP) is 4.08. The third-order valence-corrected chi connectivity index (χ3v) is 4.12. The van der Waals surface area contributed by atoms with Gasteiger partial charge in [-0.2, -0.15) is 11.3 Å². The van der Waals surface area contributed by atoms with Gasteiger partial charge in [-0.3, -0.25) is 9.78 Å². The smallest absolute Gasteiger partial charge is 0.255 e. The molecule has 3 rings (SSSR count). The molecule has 110 valence electrons. The van der Waals surface area contributed by atoms with Gasteiger partial charge in [0.25, 0.3) is 5.91 Å². The molecular formula is C18H16N2OS. The van der Waals surface area contributed by atoms with E-state index >= 15 is 0 Å². The summed E-state index contributed by atoms with van der Waals surface area (Å²) in [6, 6.07) is 15.7. The molecule has 0 aliphatic rings. The van der Waals surface area contributed by atoms with Gasteiger partial charge >= 0.3 is 0 Å². The number of amides is 1. The summed E-state index contributed by atoms with van der Waals surface area (Å²) in [6.07, 6.45) is 1.65. The van der Waals surface area contributed by atoms with Gasteiger partial charge in [0.1, 0.15) is 0 Å². The first-order chi connectivity index (χ1) is 10.7. The fourth-order valence-electron chi connectivity index (χ4n) is 2.25. The van der Waals surface area contributed by atoms with E-state index in [1.807, 2.05) is 66.3 Å². The quantitative estimate of drug-likeness (QED) is 0.727. The van der Waals surface area contributed by atoms with Crippen molar-refractivity contribution < 1.29 is 4.79 Å². The Balaban J connectivity index is 1.72. The molecule has 1 aromatic carbocycles. The maximum absolute atomic E-state index is 12.4. The summed E-state index contributed by atoms with van der Waals surface area (Å²) in [5.74, 6) is -0.0202. The molecule has 0 aliphatic carbocycles. The van der Waals surface area contributed by atoms with Gasteiger partial charge in [0.2, 0.25) is 0 Å². The van der Waals surface area contributed by atoms with Crippen LogP contribution in [0, 0.1) is 0 Å². The van der Waals surface area contributed by atoms with Gasteiger partial charge in [-0.1, -0.05) is 30.3 Å². The van der Waals surface area contributed by atoms with E-state index in [1.54, 1.807) is 22.4 Å². The van der Waals surface area contributed by atoms with E-state index in [0.29, 0.717) is 12.1 Å². The van der Waals surface area contributed by atoms with E-state index < -0.39 is 0 Å². The maximum Gasteiger partial charge on any atom is 0.255 e. The Morgan fingerprint density at radius 3 is 2.59 bits per heavy atom. The first-order valence-electron chi connectivity index (χ1n) is 7.02. The molecular weight excluding hydrogens is 292 g/mol. The van der Waals surface area contributed by atoms with Crippen LogP contribution in [0.2, 0.25) is 0 Å². The highest BCUT2D eigenvalue weighted by Crippen LogP contribution is 2.20. The molecule has 0 unspecified atom stereocenters. The normalized spacial score (nSPS) is 10.4. The van der Waals surface area contributed by atoms with Crippen LogP contribution >= 0.6 is 11.3 Å². The monoisotopic (exact) mass is 308 g/mol. The molecule has 1 amide bonds. The summed E-state index contributed by atoms with van der Waals surface area (Å²) in [5, 5.41) is 4.06. The van der Waals surface area contributed by atoms with E-state index in [4.69, 9.17) is 0 Å². The average molecular weight is 308 g/mol. The second kappa shape index (κ2) is 6.54. The van der Waals surface area contributed by atoms with Gasteiger partial charge < -0.3 is 4.90 Å². The number of benzene rings is 1. The van der Waals surface area contributed by atoms with Crippen molar-refractivity contribution in [3.05, 3.63) is 76.6 Å². The van der Waals surface area contributed by atoms with Crippen molar-refractivity contribution in [3.8, 4) is 11.3 Å². The van der Waals surface area contributed by atoms with Crippen molar-refractivity contribution >= 4 is 17.2 Å². The Kier molecular flexibility index (Phi) is 4.30. The second-order valence-electron chi connectivity index (χ2n) is 5.09. The first-order valence-corrected chi connectivity index (χ1v) is 7.96. The molecule has 0 saturated heterocycles. The first kappa shape index (κ1) is 14.5. The van der Waals surface area contributed by atoms with Gasteiger partial charge in [-0.05, 0) is 29.1 Å². The van der Waals surface area contributed by atoms with Gasteiger partial charge in [0, 0.05) is 30.7 Å². The van der Waals surface area contributed by atoms with E-state index in [0.717, 1.165) is 16.8 Å². The number of thiophene rings is 1. The number of hydrogen-bond acceptors (Lipinski definition) is 3. The van der Waals surface area contributed by atoms with Crippen molar-refractivity contribution in [2.75, 3.05) is 7.05 Å². The molecule has 0 fully saturated rings. The lowest BCUT2D eigenvalue weighted by Crippen LogP contribution is -2.26. The third kappa shape index (κ3) is 3.23. The van der Waals surface area contributed by atoms with Crippen LogP contribution in [0.4, 0.5) is 0 Å². The summed E-state index contributed by atoms with van der Waals surface area (Å²) < 4.78 is 0. The number of carbonyl (C=O) groups excluding carboxylic acids is 1. The number of carbonyl (C=O) groups is 1. The zero-order valence-electron chi connectivity index (χ0n) is 12.3. The lowest BCUT2D eigenvalue weighted by molar-refractivity contribution is 0.0784. The number of nitrogens with zero attached hydrogens (tertiary/aromatic N) is 2. The zero-order chi connectivity index (χ0) is 15.4. The average Bonchev–Trinajstić information content (AvgIpc) is 3.10. The highest BCUT2D eigenvalue weighted by molar-refractivity contribution is 7.08. The number of rotatable bonds is 4. The Labute approximate surface area is 133 Å². The number of pyridine rings is 1. The van der Waals surface area contributed by atoms with E-state index in [9.17, 15) is 4.79 Å². The second-order valence-corrected chi connectivity index (χ2v) is 5.87. The summed E-state index contributed by atoms with van der Waals surface area (Å²) in [4.78, 5) is 18.5. The molecule has 3 aromatic rings. The van der Waals surface area contributed by atoms with Gasteiger partial charge in [0.15, 0.2) is 0 Å². The van der Waals surface area contributed by atoms with E-state index in [-0.39, 0.29) is 5.91 Å². The molecule has 3 nitrogen and oxygen atoms in total. The lowest BCUT2D eigenvalue weighted by atomic mass is 10.1. The number of aromatic nitrogens is 1. The molecule has 22 heavy (non-hydrogen) atoms. The molecule has 0 saturated carbocycles. The van der Waals surface area contributed by atoms with Crippen molar-refractivity contribution in [3.63, 3.8) is 0 Å². The largest absolute Gasteiger partial charge is 0.337 e. The van der Waals surface area contributed by atoms with Crippen LogP contribution < -0.4 is 0 Å². The molecule has 2 aromatic heterocycles. The van der Waals surface area contributed by atoms with Crippen LogP contribution in [0.15, 0.2) is 65.5 Å². The van der Waals surface area contributed by atoms with Crippen molar-refractivity contribution in [2.45, 2.75) is 6.54 Å². The molecule has 0 atom stereocenters.